The summed E-state index contributed by atoms with van der Waals surface area (Å²) in [4.78, 5) is 4.02. The van der Waals surface area contributed by atoms with Gasteiger partial charge in [-0.05, 0) is 19.9 Å². The first-order valence-electron chi connectivity index (χ1n) is 3.88. The summed E-state index contributed by atoms with van der Waals surface area (Å²) in [7, 11) is 0. The van der Waals surface area contributed by atoms with Crippen molar-refractivity contribution in [2.45, 2.75) is 19.9 Å². The first-order valence-corrected chi connectivity index (χ1v) is 4.64. The van der Waals surface area contributed by atoms with E-state index in [1.165, 1.54) is 0 Å². The third kappa shape index (κ3) is 2.64. The summed E-state index contributed by atoms with van der Waals surface area (Å²) < 4.78 is 0. The summed E-state index contributed by atoms with van der Waals surface area (Å²) in [5.41, 5.74) is 5.52. The van der Waals surface area contributed by atoms with Crippen LogP contribution >= 0.6 is 23.2 Å². The van der Waals surface area contributed by atoms with Crippen molar-refractivity contribution >= 4 is 34.8 Å². The number of halogens is 2. The topological polar surface area (TPSA) is 50.9 Å². The van der Waals surface area contributed by atoms with Gasteiger partial charge in [-0.25, -0.2) is 4.98 Å². The summed E-state index contributed by atoms with van der Waals surface area (Å²) in [6.45, 7) is 3.98. The lowest BCUT2D eigenvalue weighted by molar-refractivity contribution is 0.890. The number of nitrogen functional groups attached to an aromatic ring is 1. The maximum Gasteiger partial charge on any atom is 0.147 e. The summed E-state index contributed by atoms with van der Waals surface area (Å²) in [6.07, 6.45) is 0. The Bertz CT molecular complexity index is 313. The van der Waals surface area contributed by atoms with E-state index in [1.54, 1.807) is 6.07 Å². The normalized spacial score (nSPS) is 10.5. The molecule has 1 aromatic rings. The Morgan fingerprint density at radius 1 is 1.38 bits per heavy atom. The first-order chi connectivity index (χ1) is 6.00. The Morgan fingerprint density at radius 2 is 2.00 bits per heavy atom. The van der Waals surface area contributed by atoms with Crippen LogP contribution in [0.4, 0.5) is 11.6 Å². The minimum absolute atomic E-state index is 0.255. The zero-order valence-electron chi connectivity index (χ0n) is 7.44. The maximum absolute atomic E-state index is 5.88. The molecule has 5 heteroatoms. The van der Waals surface area contributed by atoms with Crippen molar-refractivity contribution in [1.82, 2.24) is 4.98 Å². The molecule has 0 aliphatic heterocycles. The fraction of sp³-hybridized carbons (Fsp3) is 0.375. The van der Waals surface area contributed by atoms with E-state index in [2.05, 4.69) is 10.3 Å². The fourth-order valence-electron chi connectivity index (χ4n) is 0.855. The molecule has 0 saturated heterocycles. The molecule has 3 N–H and O–H groups in total. The number of nitrogens with zero attached hydrogens (tertiary/aromatic N) is 1. The largest absolute Gasteiger partial charge is 0.382 e. The van der Waals surface area contributed by atoms with Crippen LogP contribution in [0.5, 0.6) is 0 Å². The lowest BCUT2D eigenvalue weighted by Crippen LogP contribution is -2.12. The van der Waals surface area contributed by atoms with Gasteiger partial charge in [0.1, 0.15) is 11.6 Å². The highest BCUT2D eigenvalue weighted by Crippen LogP contribution is 2.27. The Hall–Kier alpha value is -0.670. The van der Waals surface area contributed by atoms with Crippen LogP contribution in [0.25, 0.3) is 0 Å². The molecule has 0 bridgehead atoms. The van der Waals surface area contributed by atoms with Gasteiger partial charge < -0.3 is 11.1 Å². The number of pyridine rings is 1. The van der Waals surface area contributed by atoms with Crippen LogP contribution in [0.1, 0.15) is 13.8 Å². The van der Waals surface area contributed by atoms with E-state index in [0.717, 1.165) is 0 Å². The second kappa shape index (κ2) is 4.03. The third-order valence-electron chi connectivity index (χ3n) is 1.38. The molecule has 0 aromatic carbocycles. The van der Waals surface area contributed by atoms with E-state index >= 15 is 0 Å². The van der Waals surface area contributed by atoms with Crippen LogP contribution in [0.2, 0.25) is 10.0 Å². The molecule has 0 spiro atoms. The average Bonchev–Trinajstić information content (AvgIpc) is 1.99. The number of aromatic nitrogens is 1. The predicted octanol–water partition coefficient (Wildman–Crippen LogP) is 2.79. The van der Waals surface area contributed by atoms with Gasteiger partial charge in [-0.15, -0.1) is 0 Å². The second-order valence-electron chi connectivity index (χ2n) is 2.98. The molecular weight excluding hydrogens is 209 g/mol. The van der Waals surface area contributed by atoms with Gasteiger partial charge >= 0.3 is 0 Å². The molecule has 0 saturated carbocycles. The van der Waals surface area contributed by atoms with Crippen molar-refractivity contribution in [3.05, 3.63) is 16.1 Å². The summed E-state index contributed by atoms with van der Waals surface area (Å²) in [6, 6.07) is 1.83. The van der Waals surface area contributed by atoms with Gasteiger partial charge in [0, 0.05) is 6.04 Å². The molecule has 1 rings (SSSR count). The molecule has 0 radical (unpaired) electrons. The average molecular weight is 220 g/mol. The van der Waals surface area contributed by atoms with Crippen LogP contribution < -0.4 is 11.1 Å². The van der Waals surface area contributed by atoms with Gasteiger partial charge in [-0.1, -0.05) is 23.2 Å². The van der Waals surface area contributed by atoms with Gasteiger partial charge in [0.15, 0.2) is 0 Å². The molecule has 72 valence electrons. The van der Waals surface area contributed by atoms with Gasteiger partial charge in [-0.2, -0.15) is 0 Å². The Balaban J connectivity index is 3.01. The minimum Gasteiger partial charge on any atom is -0.382 e. The molecule has 3 nitrogen and oxygen atoms in total. The van der Waals surface area contributed by atoms with Gasteiger partial charge in [-0.3, -0.25) is 0 Å². The molecule has 0 unspecified atom stereocenters. The quantitative estimate of drug-likeness (QED) is 0.805. The lowest BCUT2D eigenvalue weighted by Gasteiger charge is -2.11. The molecule has 0 aliphatic rings. The second-order valence-corrected chi connectivity index (χ2v) is 3.80. The smallest absolute Gasteiger partial charge is 0.147 e. The van der Waals surface area contributed by atoms with Crippen molar-refractivity contribution in [2.24, 2.45) is 0 Å². The van der Waals surface area contributed by atoms with E-state index in [1.807, 2.05) is 13.8 Å². The zero-order chi connectivity index (χ0) is 10.0. The van der Waals surface area contributed by atoms with Crippen molar-refractivity contribution in [3.63, 3.8) is 0 Å². The summed E-state index contributed by atoms with van der Waals surface area (Å²) in [5, 5.41) is 3.91. The Kier molecular flexibility index (Phi) is 3.22. The van der Waals surface area contributed by atoms with E-state index in [9.17, 15) is 0 Å². The molecule has 0 aliphatic carbocycles. The molecule has 0 fully saturated rings. The van der Waals surface area contributed by atoms with Crippen molar-refractivity contribution in [3.8, 4) is 0 Å². The highest BCUT2D eigenvalue weighted by Gasteiger charge is 2.07. The predicted molar refractivity (Wildman–Crippen MR) is 57.4 cm³/mol. The van der Waals surface area contributed by atoms with Crippen molar-refractivity contribution < 1.29 is 0 Å². The Morgan fingerprint density at radius 3 is 2.54 bits per heavy atom. The van der Waals surface area contributed by atoms with E-state index in [4.69, 9.17) is 28.9 Å². The number of rotatable bonds is 2. The molecule has 1 heterocycles. The minimum atomic E-state index is 0.255. The van der Waals surface area contributed by atoms with Crippen LogP contribution in [0.15, 0.2) is 6.07 Å². The van der Waals surface area contributed by atoms with Crippen molar-refractivity contribution in [2.75, 3.05) is 11.1 Å². The monoisotopic (exact) mass is 219 g/mol. The Labute approximate surface area is 87.2 Å². The molecule has 1 aromatic heterocycles. The standard InChI is InChI=1S/C8H11Cl2N3/c1-4(2)12-8-6(10)3-5(9)7(11)13-8/h3-4H,1-2H3,(H3,11,12,13). The van der Waals surface area contributed by atoms with Gasteiger partial charge in [0.25, 0.3) is 0 Å². The lowest BCUT2D eigenvalue weighted by atomic mass is 10.3. The SMILES string of the molecule is CC(C)Nc1nc(N)c(Cl)cc1Cl. The molecule has 13 heavy (non-hydrogen) atoms. The van der Waals surface area contributed by atoms with E-state index in [0.29, 0.717) is 15.9 Å². The molecular formula is C8H11Cl2N3. The maximum atomic E-state index is 5.88. The van der Waals surface area contributed by atoms with Gasteiger partial charge in [0.2, 0.25) is 0 Å². The van der Waals surface area contributed by atoms with Gasteiger partial charge in [0.05, 0.1) is 10.0 Å². The highest BCUT2D eigenvalue weighted by molar-refractivity contribution is 6.37. The van der Waals surface area contributed by atoms with Crippen LogP contribution in [0, 0.1) is 0 Å². The summed E-state index contributed by atoms with van der Waals surface area (Å²) >= 11 is 11.6. The first kappa shape index (κ1) is 10.4. The molecule has 0 atom stereocenters. The fourth-order valence-corrected chi connectivity index (χ4v) is 1.27. The van der Waals surface area contributed by atoms with Crippen molar-refractivity contribution in [1.29, 1.82) is 0 Å². The number of hydrogen-bond donors (Lipinski definition) is 2. The van der Waals surface area contributed by atoms with Crippen LogP contribution in [-0.2, 0) is 0 Å². The van der Waals surface area contributed by atoms with Crippen LogP contribution in [0.3, 0.4) is 0 Å². The number of hydrogen-bond acceptors (Lipinski definition) is 3. The number of anilines is 2. The summed E-state index contributed by atoms with van der Waals surface area (Å²) in [5.74, 6) is 0.854. The van der Waals surface area contributed by atoms with E-state index in [-0.39, 0.29) is 11.9 Å². The molecule has 0 amide bonds. The zero-order valence-corrected chi connectivity index (χ0v) is 8.95. The third-order valence-corrected chi connectivity index (χ3v) is 1.97. The van der Waals surface area contributed by atoms with Crippen LogP contribution in [-0.4, -0.2) is 11.0 Å². The highest BCUT2D eigenvalue weighted by atomic mass is 35.5. The number of nitrogens with one attached hydrogen (secondary N) is 1. The van der Waals surface area contributed by atoms with E-state index < -0.39 is 0 Å². The number of nitrogens with two attached hydrogens (primary N) is 1.